The summed E-state index contributed by atoms with van der Waals surface area (Å²) in [5.74, 6) is -0.898. The van der Waals surface area contributed by atoms with E-state index in [-0.39, 0.29) is 18.9 Å². The third kappa shape index (κ3) is 6.57. The van der Waals surface area contributed by atoms with Gasteiger partial charge in [0.05, 0.1) is 13.7 Å². The van der Waals surface area contributed by atoms with E-state index in [0.29, 0.717) is 11.6 Å². The molecule has 0 heterocycles. The van der Waals surface area contributed by atoms with Gasteiger partial charge < -0.3 is 14.8 Å². The Morgan fingerprint density at radius 1 is 1.08 bits per heavy atom. The van der Waals surface area contributed by atoms with E-state index in [1.54, 1.807) is 18.2 Å². The second-order valence-electron chi connectivity index (χ2n) is 5.46. The Morgan fingerprint density at radius 2 is 1.80 bits per heavy atom. The smallest absolute Gasteiger partial charge is 0.328 e. The van der Waals surface area contributed by atoms with Gasteiger partial charge in [-0.05, 0) is 23.3 Å². The van der Waals surface area contributed by atoms with Crippen molar-refractivity contribution >= 4 is 23.5 Å². The molecule has 0 radical (unpaired) electrons. The molecule has 25 heavy (non-hydrogen) atoms. The first-order valence-corrected chi connectivity index (χ1v) is 8.19. The Hall–Kier alpha value is -2.37. The number of nitrogens with one attached hydrogen (secondary N) is 1. The van der Waals surface area contributed by atoms with Crippen LogP contribution in [0.3, 0.4) is 0 Å². The number of esters is 1. The summed E-state index contributed by atoms with van der Waals surface area (Å²) in [6.07, 6.45) is 0.289. The number of ether oxygens (including phenoxy) is 2. The van der Waals surface area contributed by atoms with Crippen molar-refractivity contribution in [2.24, 2.45) is 0 Å². The molecule has 132 valence electrons. The van der Waals surface area contributed by atoms with Crippen LogP contribution in [-0.2, 0) is 32.1 Å². The van der Waals surface area contributed by atoms with Crippen LogP contribution in [0, 0.1) is 0 Å². The number of benzene rings is 2. The van der Waals surface area contributed by atoms with Crippen LogP contribution in [0.15, 0.2) is 54.6 Å². The van der Waals surface area contributed by atoms with E-state index in [1.165, 1.54) is 7.11 Å². The molecule has 0 saturated heterocycles. The average molecular weight is 362 g/mol. The fourth-order valence-electron chi connectivity index (χ4n) is 2.31. The van der Waals surface area contributed by atoms with Crippen molar-refractivity contribution in [3.8, 4) is 0 Å². The molecule has 0 unspecified atom stereocenters. The third-order valence-electron chi connectivity index (χ3n) is 3.49. The Balaban J connectivity index is 1.87. The molecule has 1 N–H and O–H groups in total. The van der Waals surface area contributed by atoms with E-state index in [9.17, 15) is 9.59 Å². The Kier molecular flexibility index (Phi) is 7.44. The maximum Gasteiger partial charge on any atom is 0.328 e. The standard InChI is InChI=1S/C19H20ClNO4/c1-24-19(23)17(11-15-8-5-9-16(20)10-15)21-18(22)13-25-12-14-6-3-2-4-7-14/h2-10,17H,11-13H2,1H3,(H,21,22)/t17-/m1/s1. The van der Waals surface area contributed by atoms with E-state index >= 15 is 0 Å². The van der Waals surface area contributed by atoms with E-state index in [0.717, 1.165) is 11.1 Å². The van der Waals surface area contributed by atoms with Crippen LogP contribution in [0.5, 0.6) is 0 Å². The molecular weight excluding hydrogens is 342 g/mol. The molecule has 0 aromatic heterocycles. The number of hydrogen-bond donors (Lipinski definition) is 1. The van der Waals surface area contributed by atoms with Crippen molar-refractivity contribution < 1.29 is 19.1 Å². The van der Waals surface area contributed by atoms with Gasteiger partial charge in [0, 0.05) is 11.4 Å². The average Bonchev–Trinajstić information content (AvgIpc) is 2.61. The van der Waals surface area contributed by atoms with Gasteiger partial charge in [0.1, 0.15) is 12.6 Å². The zero-order valence-electron chi connectivity index (χ0n) is 13.9. The van der Waals surface area contributed by atoms with E-state index in [2.05, 4.69) is 5.32 Å². The van der Waals surface area contributed by atoms with Crippen LogP contribution >= 0.6 is 11.6 Å². The lowest BCUT2D eigenvalue weighted by atomic mass is 10.1. The van der Waals surface area contributed by atoms with Gasteiger partial charge in [-0.25, -0.2) is 4.79 Å². The number of carbonyl (C=O) groups is 2. The van der Waals surface area contributed by atoms with Crippen molar-refractivity contribution in [2.45, 2.75) is 19.1 Å². The SMILES string of the molecule is COC(=O)[C@@H](Cc1cccc(Cl)c1)NC(=O)COCc1ccccc1. The van der Waals surface area contributed by atoms with Crippen LogP contribution in [-0.4, -0.2) is 31.6 Å². The quantitative estimate of drug-likeness (QED) is 0.734. The number of rotatable bonds is 8. The molecule has 0 aliphatic carbocycles. The molecule has 2 rings (SSSR count). The van der Waals surface area contributed by atoms with Gasteiger partial charge in [-0.2, -0.15) is 0 Å². The summed E-state index contributed by atoms with van der Waals surface area (Å²) in [6, 6.07) is 15.8. The molecule has 0 fully saturated rings. The molecule has 1 atom stereocenters. The van der Waals surface area contributed by atoms with Gasteiger partial charge in [-0.1, -0.05) is 54.1 Å². The van der Waals surface area contributed by atoms with Crippen molar-refractivity contribution in [3.05, 3.63) is 70.7 Å². The molecule has 0 aliphatic rings. The highest BCUT2D eigenvalue weighted by atomic mass is 35.5. The minimum absolute atomic E-state index is 0.141. The monoisotopic (exact) mass is 361 g/mol. The van der Waals surface area contributed by atoms with Crippen molar-refractivity contribution in [1.29, 1.82) is 0 Å². The lowest BCUT2D eigenvalue weighted by Crippen LogP contribution is -2.44. The van der Waals surface area contributed by atoms with Crippen molar-refractivity contribution in [2.75, 3.05) is 13.7 Å². The molecule has 2 aromatic rings. The lowest BCUT2D eigenvalue weighted by molar-refractivity contribution is -0.145. The molecule has 5 nitrogen and oxygen atoms in total. The Labute approximate surface area is 151 Å². The van der Waals surface area contributed by atoms with Gasteiger partial charge in [-0.3, -0.25) is 4.79 Å². The summed E-state index contributed by atoms with van der Waals surface area (Å²) < 4.78 is 10.1. The third-order valence-corrected chi connectivity index (χ3v) is 3.73. The molecule has 6 heteroatoms. The second-order valence-corrected chi connectivity index (χ2v) is 5.89. The number of carbonyl (C=O) groups excluding carboxylic acids is 2. The molecule has 1 amide bonds. The molecule has 2 aromatic carbocycles. The molecule has 0 bridgehead atoms. The largest absolute Gasteiger partial charge is 0.467 e. The van der Waals surface area contributed by atoms with E-state index < -0.39 is 12.0 Å². The van der Waals surface area contributed by atoms with Crippen LogP contribution in [0.25, 0.3) is 0 Å². The number of halogens is 1. The highest BCUT2D eigenvalue weighted by Crippen LogP contribution is 2.13. The normalized spacial score (nSPS) is 11.6. The van der Waals surface area contributed by atoms with Crippen molar-refractivity contribution in [1.82, 2.24) is 5.32 Å². The molecule has 0 saturated carbocycles. The van der Waals surface area contributed by atoms with Gasteiger partial charge in [0.2, 0.25) is 5.91 Å². The first-order chi connectivity index (χ1) is 12.1. The minimum atomic E-state index is -0.795. The van der Waals surface area contributed by atoms with Gasteiger partial charge >= 0.3 is 5.97 Å². The maximum atomic E-state index is 12.1. The predicted molar refractivity (Wildman–Crippen MR) is 95.2 cm³/mol. The summed E-state index contributed by atoms with van der Waals surface area (Å²) in [5.41, 5.74) is 1.80. The highest BCUT2D eigenvalue weighted by molar-refractivity contribution is 6.30. The zero-order valence-corrected chi connectivity index (χ0v) is 14.7. The summed E-state index contributed by atoms with van der Waals surface area (Å²) in [6.45, 7) is 0.184. The van der Waals surface area contributed by atoms with Gasteiger partial charge in [-0.15, -0.1) is 0 Å². The molecular formula is C19H20ClNO4. The van der Waals surface area contributed by atoms with Crippen molar-refractivity contribution in [3.63, 3.8) is 0 Å². The first kappa shape index (κ1) is 19.0. The number of amides is 1. The lowest BCUT2D eigenvalue weighted by Gasteiger charge is -2.17. The number of methoxy groups -OCH3 is 1. The second kappa shape index (κ2) is 9.81. The maximum absolute atomic E-state index is 12.1. The topological polar surface area (TPSA) is 64.6 Å². The van der Waals surface area contributed by atoms with E-state index in [4.69, 9.17) is 21.1 Å². The van der Waals surface area contributed by atoms with Crippen LogP contribution < -0.4 is 5.32 Å². The molecule has 0 aliphatic heterocycles. The fourth-order valence-corrected chi connectivity index (χ4v) is 2.52. The zero-order chi connectivity index (χ0) is 18.1. The predicted octanol–water partition coefficient (Wildman–Crippen LogP) is 2.76. The summed E-state index contributed by atoms with van der Waals surface area (Å²) in [5, 5.41) is 3.21. The first-order valence-electron chi connectivity index (χ1n) is 7.82. The minimum Gasteiger partial charge on any atom is -0.467 e. The fraction of sp³-hybridized carbons (Fsp3) is 0.263. The van der Waals surface area contributed by atoms with Crippen LogP contribution in [0.4, 0.5) is 0 Å². The van der Waals surface area contributed by atoms with Gasteiger partial charge in [0.25, 0.3) is 0 Å². The van der Waals surface area contributed by atoms with Gasteiger partial charge in [0.15, 0.2) is 0 Å². The number of hydrogen-bond acceptors (Lipinski definition) is 4. The Bertz CT molecular complexity index is 706. The van der Waals surface area contributed by atoms with E-state index in [1.807, 2.05) is 36.4 Å². The summed E-state index contributed by atoms with van der Waals surface area (Å²) in [4.78, 5) is 24.0. The summed E-state index contributed by atoms with van der Waals surface area (Å²) >= 11 is 5.95. The molecule has 0 spiro atoms. The summed E-state index contributed by atoms with van der Waals surface area (Å²) in [7, 11) is 1.28. The van der Waals surface area contributed by atoms with Crippen LogP contribution in [0.1, 0.15) is 11.1 Å². The highest BCUT2D eigenvalue weighted by Gasteiger charge is 2.22. The Morgan fingerprint density at radius 3 is 2.48 bits per heavy atom. The van der Waals surface area contributed by atoms with Crippen LogP contribution in [0.2, 0.25) is 5.02 Å².